The van der Waals surface area contributed by atoms with Crippen LogP contribution < -0.4 is 15.2 Å². The Morgan fingerprint density at radius 1 is 1.31 bits per heavy atom. The van der Waals surface area contributed by atoms with Crippen LogP contribution in [0.1, 0.15) is 18.0 Å². The Hall–Kier alpha value is -0.780. The summed E-state index contributed by atoms with van der Waals surface area (Å²) in [5.41, 5.74) is 6.62. The molecule has 1 heterocycles. The molecule has 1 atom stereocenters. The molecule has 1 aromatic rings. The fraction of sp³-hybridized carbons (Fsp3) is 0.455. The molecule has 1 aliphatic rings. The van der Waals surface area contributed by atoms with E-state index in [0.717, 1.165) is 22.2 Å². The summed E-state index contributed by atoms with van der Waals surface area (Å²) in [7, 11) is 0. The predicted octanol–water partition coefficient (Wildman–Crippen LogP) is 1.60. The summed E-state index contributed by atoms with van der Waals surface area (Å²) in [5.74, 6) is 1.41. The minimum Gasteiger partial charge on any atom is -0.490 e. The highest BCUT2D eigenvalue weighted by Crippen LogP contribution is 2.36. The van der Waals surface area contributed by atoms with Gasteiger partial charge >= 0.3 is 0 Å². The van der Waals surface area contributed by atoms with Gasteiger partial charge in [-0.25, -0.2) is 0 Å². The normalized spacial score (nSPS) is 16.7. The van der Waals surface area contributed by atoms with Crippen molar-refractivity contribution < 1.29 is 14.6 Å². The summed E-state index contributed by atoms with van der Waals surface area (Å²) in [6.45, 7) is 1.20. The van der Waals surface area contributed by atoms with Gasteiger partial charge in [-0.3, -0.25) is 0 Å². The highest BCUT2D eigenvalue weighted by molar-refractivity contribution is 9.10. The van der Waals surface area contributed by atoms with E-state index in [2.05, 4.69) is 15.9 Å². The molecule has 2 rings (SSSR count). The number of aliphatic hydroxyl groups is 1. The van der Waals surface area contributed by atoms with Crippen LogP contribution in [0.3, 0.4) is 0 Å². The van der Waals surface area contributed by atoms with Crippen LogP contribution >= 0.6 is 15.9 Å². The smallest absolute Gasteiger partial charge is 0.162 e. The Morgan fingerprint density at radius 2 is 1.94 bits per heavy atom. The van der Waals surface area contributed by atoms with Crippen molar-refractivity contribution in [2.75, 3.05) is 19.8 Å². The van der Waals surface area contributed by atoms with Gasteiger partial charge in [0.2, 0.25) is 0 Å². The van der Waals surface area contributed by atoms with Gasteiger partial charge in [0.1, 0.15) is 0 Å². The van der Waals surface area contributed by atoms with Gasteiger partial charge in [-0.2, -0.15) is 0 Å². The number of aliphatic hydroxyl groups excluding tert-OH is 1. The van der Waals surface area contributed by atoms with Crippen molar-refractivity contribution >= 4 is 15.9 Å². The van der Waals surface area contributed by atoms with Crippen molar-refractivity contribution in [2.45, 2.75) is 12.5 Å². The number of hydrogen-bond acceptors (Lipinski definition) is 4. The minimum absolute atomic E-state index is 0.0990. The second-order valence-corrected chi connectivity index (χ2v) is 4.51. The quantitative estimate of drug-likeness (QED) is 0.867. The summed E-state index contributed by atoms with van der Waals surface area (Å²) < 4.78 is 11.9. The van der Waals surface area contributed by atoms with Gasteiger partial charge in [0, 0.05) is 10.9 Å². The van der Waals surface area contributed by atoms with E-state index >= 15 is 0 Å². The van der Waals surface area contributed by atoms with Gasteiger partial charge in [0.25, 0.3) is 0 Å². The lowest BCUT2D eigenvalue weighted by atomic mass is 10.1. The molecule has 1 aromatic carbocycles. The van der Waals surface area contributed by atoms with Gasteiger partial charge in [-0.15, -0.1) is 0 Å². The average Bonchev–Trinajstić information content (AvgIpc) is 2.51. The molecule has 88 valence electrons. The summed E-state index contributed by atoms with van der Waals surface area (Å²) in [5, 5.41) is 9.05. The molecule has 0 unspecified atom stereocenters. The van der Waals surface area contributed by atoms with E-state index < -0.39 is 6.04 Å². The van der Waals surface area contributed by atoms with Crippen LogP contribution in [0, 0.1) is 0 Å². The number of hydrogen-bond donors (Lipinski definition) is 2. The Labute approximate surface area is 102 Å². The molecule has 0 fully saturated rings. The number of rotatable bonds is 2. The van der Waals surface area contributed by atoms with Crippen molar-refractivity contribution in [3.05, 3.63) is 22.2 Å². The fourth-order valence-electron chi connectivity index (χ4n) is 1.58. The maximum Gasteiger partial charge on any atom is 0.162 e. The van der Waals surface area contributed by atoms with E-state index in [-0.39, 0.29) is 6.61 Å². The highest BCUT2D eigenvalue weighted by Gasteiger charge is 2.16. The van der Waals surface area contributed by atoms with Crippen LogP contribution in [0.25, 0.3) is 0 Å². The molecule has 0 aromatic heterocycles. The number of fused-ring (bicyclic) bond motifs is 1. The number of halogens is 1. The standard InChI is InChI=1S/C11H14BrNO3/c12-8-5-11-10(15-2-1-3-16-11)4-7(8)9(13)6-14/h4-5,9,14H,1-3,6,13H2/t9-/m0/s1. The lowest BCUT2D eigenvalue weighted by Gasteiger charge is -2.15. The Morgan fingerprint density at radius 3 is 2.56 bits per heavy atom. The maximum atomic E-state index is 9.05. The maximum absolute atomic E-state index is 9.05. The van der Waals surface area contributed by atoms with Crippen molar-refractivity contribution in [1.82, 2.24) is 0 Å². The van der Waals surface area contributed by atoms with Crippen molar-refractivity contribution in [3.63, 3.8) is 0 Å². The third-order valence-electron chi connectivity index (χ3n) is 2.46. The first-order chi connectivity index (χ1) is 7.72. The number of benzene rings is 1. The highest BCUT2D eigenvalue weighted by atomic mass is 79.9. The monoisotopic (exact) mass is 287 g/mol. The molecule has 0 saturated carbocycles. The van der Waals surface area contributed by atoms with Crippen molar-refractivity contribution in [1.29, 1.82) is 0 Å². The van der Waals surface area contributed by atoms with Crippen LogP contribution in [0.4, 0.5) is 0 Å². The molecule has 1 aliphatic heterocycles. The van der Waals surface area contributed by atoms with Crippen LogP contribution in [-0.2, 0) is 0 Å². The van der Waals surface area contributed by atoms with E-state index in [1.165, 1.54) is 0 Å². The van der Waals surface area contributed by atoms with E-state index in [9.17, 15) is 0 Å². The SMILES string of the molecule is N[C@@H](CO)c1cc2c(cc1Br)OCCCO2. The summed E-state index contributed by atoms with van der Waals surface area (Å²) in [6, 6.07) is 3.25. The van der Waals surface area contributed by atoms with Crippen molar-refractivity contribution in [2.24, 2.45) is 5.73 Å². The van der Waals surface area contributed by atoms with Gasteiger partial charge in [0.05, 0.1) is 25.9 Å². The van der Waals surface area contributed by atoms with Gasteiger partial charge in [0.15, 0.2) is 11.5 Å². The second kappa shape index (κ2) is 5.03. The lowest BCUT2D eigenvalue weighted by Crippen LogP contribution is -2.15. The third-order valence-corrected chi connectivity index (χ3v) is 3.15. The fourth-order valence-corrected chi connectivity index (χ4v) is 2.20. The summed E-state index contributed by atoms with van der Waals surface area (Å²) >= 11 is 3.42. The van der Waals surface area contributed by atoms with Gasteiger partial charge in [-0.1, -0.05) is 15.9 Å². The van der Waals surface area contributed by atoms with Crippen LogP contribution in [0.2, 0.25) is 0 Å². The first kappa shape index (κ1) is 11.7. The van der Waals surface area contributed by atoms with E-state index in [1.54, 1.807) is 0 Å². The van der Waals surface area contributed by atoms with E-state index in [4.69, 9.17) is 20.3 Å². The molecule has 0 amide bonds. The molecule has 0 bridgehead atoms. The molecule has 4 nitrogen and oxygen atoms in total. The molecule has 0 saturated heterocycles. The summed E-state index contributed by atoms with van der Waals surface area (Å²) in [6.07, 6.45) is 0.869. The molecule has 5 heteroatoms. The molecular weight excluding hydrogens is 274 g/mol. The van der Waals surface area contributed by atoms with Crippen LogP contribution in [-0.4, -0.2) is 24.9 Å². The van der Waals surface area contributed by atoms with Gasteiger partial charge in [-0.05, 0) is 17.7 Å². The largest absolute Gasteiger partial charge is 0.490 e. The molecule has 0 radical (unpaired) electrons. The van der Waals surface area contributed by atoms with E-state index in [0.29, 0.717) is 19.0 Å². The van der Waals surface area contributed by atoms with E-state index in [1.807, 2.05) is 12.1 Å². The molecule has 0 spiro atoms. The molecule has 0 aliphatic carbocycles. The number of nitrogens with two attached hydrogens (primary N) is 1. The Kier molecular flexibility index (Phi) is 3.68. The van der Waals surface area contributed by atoms with Gasteiger partial charge < -0.3 is 20.3 Å². The Bertz CT molecular complexity index is 384. The molecular formula is C11H14BrNO3. The minimum atomic E-state index is -0.411. The average molecular weight is 288 g/mol. The summed E-state index contributed by atoms with van der Waals surface area (Å²) in [4.78, 5) is 0. The van der Waals surface area contributed by atoms with Crippen LogP contribution in [0.15, 0.2) is 16.6 Å². The predicted molar refractivity (Wildman–Crippen MR) is 63.8 cm³/mol. The zero-order chi connectivity index (χ0) is 11.5. The topological polar surface area (TPSA) is 64.7 Å². The first-order valence-corrected chi connectivity index (χ1v) is 5.97. The number of ether oxygens (including phenoxy) is 2. The zero-order valence-electron chi connectivity index (χ0n) is 8.78. The van der Waals surface area contributed by atoms with Crippen LogP contribution in [0.5, 0.6) is 11.5 Å². The molecule has 16 heavy (non-hydrogen) atoms. The first-order valence-electron chi connectivity index (χ1n) is 5.18. The lowest BCUT2D eigenvalue weighted by molar-refractivity contribution is 0.267. The second-order valence-electron chi connectivity index (χ2n) is 3.66. The Balaban J connectivity index is 2.38. The third kappa shape index (κ3) is 2.31. The molecule has 3 N–H and O–H groups in total. The van der Waals surface area contributed by atoms with Crippen molar-refractivity contribution in [3.8, 4) is 11.5 Å². The zero-order valence-corrected chi connectivity index (χ0v) is 10.4.